The highest BCUT2D eigenvalue weighted by Crippen LogP contribution is 2.22. The first-order valence-electron chi connectivity index (χ1n) is 7.65. The van der Waals surface area contributed by atoms with Crippen molar-refractivity contribution in [1.82, 2.24) is 5.32 Å². The summed E-state index contributed by atoms with van der Waals surface area (Å²) < 4.78 is 16.3. The maximum absolute atomic E-state index is 12.3. The van der Waals surface area contributed by atoms with E-state index in [4.69, 9.17) is 13.9 Å². The lowest BCUT2D eigenvalue weighted by Gasteiger charge is -2.16. The minimum Gasteiger partial charge on any atom is -0.497 e. The van der Waals surface area contributed by atoms with Crippen molar-refractivity contribution in [1.29, 1.82) is 0 Å². The van der Waals surface area contributed by atoms with Gasteiger partial charge in [-0.15, -0.1) is 0 Å². The molecule has 0 fully saturated rings. The zero-order valence-electron chi connectivity index (χ0n) is 13.6. The number of carbonyl (C=O) groups excluding carboxylic acids is 1. The number of rotatable bonds is 6. The highest BCUT2D eigenvalue weighted by Gasteiger charge is 2.16. The Kier molecular flexibility index (Phi) is 4.82. The molecule has 0 aliphatic carbocycles. The molecular formula is C19H19NO4. The second-order valence-corrected chi connectivity index (χ2v) is 5.36. The van der Waals surface area contributed by atoms with Crippen molar-refractivity contribution >= 4 is 16.9 Å². The molecule has 5 nitrogen and oxygen atoms in total. The normalized spacial score (nSPS) is 12.1. The molecule has 1 amide bonds. The van der Waals surface area contributed by atoms with Crippen molar-refractivity contribution in [2.45, 2.75) is 6.10 Å². The predicted molar refractivity (Wildman–Crippen MR) is 91.3 cm³/mol. The van der Waals surface area contributed by atoms with Gasteiger partial charge in [-0.05, 0) is 29.8 Å². The molecular weight excluding hydrogens is 306 g/mol. The smallest absolute Gasteiger partial charge is 0.287 e. The van der Waals surface area contributed by atoms with E-state index >= 15 is 0 Å². The Balaban J connectivity index is 1.69. The molecule has 124 valence electrons. The molecule has 5 heteroatoms. The first-order valence-corrected chi connectivity index (χ1v) is 7.65. The fraction of sp³-hybridized carbons (Fsp3) is 0.211. The molecule has 3 rings (SSSR count). The SMILES string of the molecule is COc1cccc([C@@H](CNC(=O)c2cc3ccccc3o2)OC)c1. The molecule has 3 aromatic rings. The van der Waals surface area contributed by atoms with E-state index in [2.05, 4.69) is 5.32 Å². The highest BCUT2D eigenvalue weighted by molar-refractivity contribution is 5.96. The van der Waals surface area contributed by atoms with Gasteiger partial charge in [-0.25, -0.2) is 0 Å². The van der Waals surface area contributed by atoms with Gasteiger partial charge in [-0.2, -0.15) is 0 Å². The van der Waals surface area contributed by atoms with Gasteiger partial charge in [0.2, 0.25) is 0 Å². The van der Waals surface area contributed by atoms with Crippen LogP contribution in [0.15, 0.2) is 59.0 Å². The molecule has 24 heavy (non-hydrogen) atoms. The molecule has 1 atom stereocenters. The molecule has 0 aliphatic heterocycles. The van der Waals surface area contributed by atoms with Gasteiger partial charge >= 0.3 is 0 Å². The maximum atomic E-state index is 12.3. The van der Waals surface area contributed by atoms with Gasteiger partial charge in [0.25, 0.3) is 5.91 Å². The zero-order chi connectivity index (χ0) is 16.9. The summed E-state index contributed by atoms with van der Waals surface area (Å²) in [5, 5.41) is 3.75. The predicted octanol–water partition coefficient (Wildman–Crippen LogP) is 3.56. The second-order valence-electron chi connectivity index (χ2n) is 5.36. The van der Waals surface area contributed by atoms with Crippen LogP contribution in [0.2, 0.25) is 0 Å². The monoisotopic (exact) mass is 325 g/mol. The van der Waals surface area contributed by atoms with Crippen LogP contribution in [0.4, 0.5) is 0 Å². The fourth-order valence-corrected chi connectivity index (χ4v) is 2.55. The van der Waals surface area contributed by atoms with E-state index in [1.807, 2.05) is 48.5 Å². The van der Waals surface area contributed by atoms with E-state index in [9.17, 15) is 4.79 Å². The van der Waals surface area contributed by atoms with E-state index in [0.717, 1.165) is 16.7 Å². The number of hydrogen-bond donors (Lipinski definition) is 1. The quantitative estimate of drug-likeness (QED) is 0.753. The van der Waals surface area contributed by atoms with Gasteiger partial charge in [-0.1, -0.05) is 30.3 Å². The molecule has 0 unspecified atom stereocenters. The van der Waals surface area contributed by atoms with Crippen LogP contribution in [0.25, 0.3) is 11.0 Å². The molecule has 0 aliphatic rings. The van der Waals surface area contributed by atoms with E-state index in [1.165, 1.54) is 0 Å². The van der Waals surface area contributed by atoms with Crippen LogP contribution < -0.4 is 10.1 Å². The van der Waals surface area contributed by atoms with Crippen molar-refractivity contribution in [2.24, 2.45) is 0 Å². The van der Waals surface area contributed by atoms with Crippen LogP contribution in [0, 0.1) is 0 Å². The van der Waals surface area contributed by atoms with Crippen LogP contribution in [0.3, 0.4) is 0 Å². The largest absolute Gasteiger partial charge is 0.497 e. The Bertz CT molecular complexity index is 807. The standard InChI is InChI=1S/C19H19NO4/c1-22-15-8-5-7-13(10-15)18(23-2)12-20-19(21)17-11-14-6-3-4-9-16(14)24-17/h3-11,18H,12H2,1-2H3,(H,20,21)/t18-/m1/s1. The van der Waals surface area contributed by atoms with E-state index in [0.29, 0.717) is 12.1 Å². The summed E-state index contributed by atoms with van der Waals surface area (Å²) >= 11 is 0. The number of methoxy groups -OCH3 is 2. The Morgan fingerprint density at radius 1 is 1.12 bits per heavy atom. The van der Waals surface area contributed by atoms with E-state index in [1.54, 1.807) is 20.3 Å². The summed E-state index contributed by atoms with van der Waals surface area (Å²) in [7, 11) is 3.22. The van der Waals surface area contributed by atoms with Crippen LogP contribution in [-0.2, 0) is 4.74 Å². The molecule has 1 N–H and O–H groups in total. The Hall–Kier alpha value is -2.79. The van der Waals surface area contributed by atoms with Crippen LogP contribution in [0.1, 0.15) is 22.2 Å². The van der Waals surface area contributed by atoms with Crippen molar-refractivity contribution in [3.05, 3.63) is 65.9 Å². The number of carbonyl (C=O) groups is 1. The Morgan fingerprint density at radius 3 is 2.71 bits per heavy atom. The van der Waals surface area contributed by atoms with Gasteiger partial charge in [-0.3, -0.25) is 4.79 Å². The Morgan fingerprint density at radius 2 is 1.96 bits per heavy atom. The lowest BCUT2D eigenvalue weighted by atomic mass is 10.1. The third-order valence-corrected chi connectivity index (χ3v) is 3.85. The Labute approximate surface area is 140 Å². The number of furan rings is 1. The second kappa shape index (κ2) is 7.19. The fourth-order valence-electron chi connectivity index (χ4n) is 2.55. The van der Waals surface area contributed by atoms with E-state index in [-0.39, 0.29) is 17.8 Å². The summed E-state index contributed by atoms with van der Waals surface area (Å²) in [6.07, 6.45) is -0.270. The van der Waals surface area contributed by atoms with Gasteiger partial charge in [0.05, 0.1) is 13.2 Å². The molecule has 0 saturated carbocycles. The van der Waals surface area contributed by atoms with Crippen molar-refractivity contribution in [2.75, 3.05) is 20.8 Å². The lowest BCUT2D eigenvalue weighted by molar-refractivity contribution is 0.0808. The summed E-state index contributed by atoms with van der Waals surface area (Å²) in [5.41, 5.74) is 1.63. The number of ether oxygens (including phenoxy) is 2. The van der Waals surface area contributed by atoms with Crippen molar-refractivity contribution in [3.63, 3.8) is 0 Å². The molecule has 0 radical (unpaired) electrons. The molecule has 0 saturated heterocycles. The number of benzene rings is 2. The minimum absolute atomic E-state index is 0.267. The van der Waals surface area contributed by atoms with Gasteiger partial charge in [0.15, 0.2) is 5.76 Å². The van der Waals surface area contributed by atoms with Crippen molar-refractivity contribution in [3.8, 4) is 5.75 Å². The third-order valence-electron chi connectivity index (χ3n) is 3.85. The topological polar surface area (TPSA) is 60.7 Å². The van der Waals surface area contributed by atoms with Crippen molar-refractivity contribution < 1.29 is 18.7 Å². The number of amides is 1. The molecule has 0 bridgehead atoms. The minimum atomic E-state index is -0.270. The first kappa shape index (κ1) is 16.1. The van der Waals surface area contributed by atoms with Gasteiger partial charge in [0.1, 0.15) is 11.3 Å². The van der Waals surface area contributed by atoms with Gasteiger partial charge < -0.3 is 19.2 Å². The average molecular weight is 325 g/mol. The van der Waals surface area contributed by atoms with E-state index < -0.39 is 0 Å². The molecule has 1 aromatic heterocycles. The zero-order valence-corrected chi connectivity index (χ0v) is 13.6. The van der Waals surface area contributed by atoms with Crippen LogP contribution >= 0.6 is 0 Å². The summed E-state index contributed by atoms with van der Waals surface area (Å²) in [4.78, 5) is 12.3. The number of hydrogen-bond acceptors (Lipinski definition) is 4. The van der Waals surface area contributed by atoms with Gasteiger partial charge in [0, 0.05) is 19.0 Å². The van der Waals surface area contributed by atoms with Crippen LogP contribution in [0.5, 0.6) is 5.75 Å². The summed E-state index contributed by atoms with van der Waals surface area (Å²) in [5.74, 6) is 0.769. The highest BCUT2D eigenvalue weighted by atomic mass is 16.5. The molecule has 0 spiro atoms. The number of fused-ring (bicyclic) bond motifs is 1. The third kappa shape index (κ3) is 3.41. The summed E-state index contributed by atoms with van der Waals surface area (Å²) in [6, 6.07) is 16.8. The van der Waals surface area contributed by atoms with Crippen LogP contribution in [-0.4, -0.2) is 26.7 Å². The maximum Gasteiger partial charge on any atom is 0.287 e. The summed E-state index contributed by atoms with van der Waals surface area (Å²) in [6.45, 7) is 0.333. The number of para-hydroxylation sites is 1. The average Bonchev–Trinajstić information content (AvgIpc) is 3.06. The lowest BCUT2D eigenvalue weighted by Crippen LogP contribution is -2.28. The first-order chi connectivity index (χ1) is 11.7. The molecule has 1 heterocycles. The molecule has 2 aromatic carbocycles. The number of nitrogens with one attached hydrogen (secondary N) is 1.